The van der Waals surface area contributed by atoms with Gasteiger partial charge in [-0.05, 0) is 24.3 Å². The summed E-state index contributed by atoms with van der Waals surface area (Å²) in [7, 11) is 0. The second-order valence-corrected chi connectivity index (χ2v) is 7.21. The van der Waals surface area contributed by atoms with Gasteiger partial charge in [0, 0.05) is 22.3 Å². The normalized spacial score (nSPS) is 11.5. The van der Waals surface area contributed by atoms with Gasteiger partial charge in [0.1, 0.15) is 0 Å². The zero-order valence-electron chi connectivity index (χ0n) is 10.1. The van der Waals surface area contributed by atoms with E-state index in [0.717, 1.165) is 0 Å². The zero-order chi connectivity index (χ0) is 15.8. The van der Waals surface area contributed by atoms with Crippen molar-refractivity contribution in [1.82, 2.24) is 4.98 Å². The first kappa shape index (κ1) is 16.7. The van der Waals surface area contributed by atoms with Crippen LogP contribution in [0.1, 0.15) is 26.4 Å². The van der Waals surface area contributed by atoms with Crippen LogP contribution < -0.4 is 0 Å². The fourth-order valence-corrected chi connectivity index (χ4v) is 2.44. The fourth-order valence-electron chi connectivity index (χ4n) is 1.64. The maximum absolute atomic E-state index is 12.3. The Hall–Kier alpha value is -0.710. The molecule has 2 aromatic rings. The van der Waals surface area contributed by atoms with Crippen molar-refractivity contribution in [2.75, 3.05) is 0 Å². The molecule has 21 heavy (non-hydrogen) atoms. The van der Waals surface area contributed by atoms with Gasteiger partial charge in [-0.25, -0.2) is 0 Å². The van der Waals surface area contributed by atoms with Gasteiger partial charge < -0.3 is 4.98 Å². The van der Waals surface area contributed by atoms with Crippen molar-refractivity contribution in [3.63, 3.8) is 0 Å². The first-order chi connectivity index (χ1) is 9.70. The van der Waals surface area contributed by atoms with E-state index in [1.54, 1.807) is 6.07 Å². The third-order valence-electron chi connectivity index (χ3n) is 2.62. The average Bonchev–Trinajstić information content (AvgIpc) is 2.85. The minimum atomic E-state index is -2.09. The van der Waals surface area contributed by atoms with Crippen molar-refractivity contribution in [1.29, 1.82) is 0 Å². The van der Waals surface area contributed by atoms with Crippen molar-refractivity contribution in [3.8, 4) is 0 Å². The molecule has 0 saturated heterocycles. The smallest absolute Gasteiger partial charge is 0.254 e. The Morgan fingerprint density at radius 3 is 2.29 bits per heavy atom. The highest BCUT2D eigenvalue weighted by Crippen LogP contribution is 2.31. The van der Waals surface area contributed by atoms with E-state index in [1.807, 2.05) is 0 Å². The summed E-state index contributed by atoms with van der Waals surface area (Å²) in [6.07, 6.45) is 1.34. The molecule has 8 heteroatoms. The second-order valence-electron chi connectivity index (χ2n) is 4.08. The van der Waals surface area contributed by atoms with E-state index in [2.05, 4.69) is 4.98 Å². The van der Waals surface area contributed by atoms with Crippen molar-refractivity contribution < 1.29 is 9.59 Å². The van der Waals surface area contributed by atoms with Crippen LogP contribution in [0.5, 0.6) is 0 Å². The number of aromatic nitrogens is 1. The van der Waals surface area contributed by atoms with E-state index in [0.29, 0.717) is 5.02 Å². The van der Waals surface area contributed by atoms with E-state index in [9.17, 15) is 9.59 Å². The number of rotatable bonds is 3. The van der Waals surface area contributed by atoms with E-state index in [4.69, 9.17) is 58.0 Å². The fraction of sp³-hybridized carbons (Fsp3) is 0.0769. The number of Topliss-reactive ketones (excluding diaryl/α,β-unsaturated/α-hetero) is 1. The number of carbonyl (C=O) groups excluding carboxylic acids is 2. The van der Waals surface area contributed by atoms with Crippen LogP contribution >= 0.6 is 58.0 Å². The predicted octanol–water partition coefficient (Wildman–Crippen LogP) is 5.11. The molecule has 0 amide bonds. The van der Waals surface area contributed by atoms with Crippen LogP contribution in [0, 0.1) is 0 Å². The molecule has 0 aliphatic rings. The van der Waals surface area contributed by atoms with Crippen LogP contribution in [-0.4, -0.2) is 20.3 Å². The molecule has 0 atom stereocenters. The Bertz CT molecular complexity index is 718. The molecule has 0 unspecified atom stereocenters. The molecule has 3 nitrogen and oxygen atoms in total. The summed E-state index contributed by atoms with van der Waals surface area (Å²) in [6, 6.07) is 5.80. The van der Waals surface area contributed by atoms with Crippen molar-refractivity contribution in [2.24, 2.45) is 0 Å². The molecule has 1 aromatic heterocycles. The number of hydrogen-bond acceptors (Lipinski definition) is 2. The van der Waals surface area contributed by atoms with Crippen LogP contribution in [-0.2, 0) is 0 Å². The van der Waals surface area contributed by atoms with E-state index in [-0.39, 0.29) is 27.6 Å². The van der Waals surface area contributed by atoms with Crippen molar-refractivity contribution >= 4 is 69.6 Å². The van der Waals surface area contributed by atoms with Crippen LogP contribution in [0.4, 0.5) is 0 Å². The summed E-state index contributed by atoms with van der Waals surface area (Å²) in [5.41, 5.74) is 0.494. The number of nitrogens with one attached hydrogen (secondary N) is 1. The number of ketones is 2. The van der Waals surface area contributed by atoms with E-state index >= 15 is 0 Å². The molecule has 1 heterocycles. The average molecular weight is 385 g/mol. The number of H-pyrrole nitrogens is 1. The summed E-state index contributed by atoms with van der Waals surface area (Å²) in [5, 5.41) is 0.626. The first-order valence-corrected chi connectivity index (χ1v) is 7.39. The van der Waals surface area contributed by atoms with Gasteiger partial charge in [-0.3, -0.25) is 9.59 Å². The van der Waals surface area contributed by atoms with Crippen LogP contribution in [0.25, 0.3) is 0 Å². The maximum Gasteiger partial charge on any atom is 0.254 e. The van der Waals surface area contributed by atoms with E-state index in [1.165, 1.54) is 24.4 Å². The van der Waals surface area contributed by atoms with Crippen molar-refractivity contribution in [2.45, 2.75) is 3.79 Å². The molecular weight excluding hydrogens is 379 g/mol. The summed E-state index contributed by atoms with van der Waals surface area (Å²) in [4.78, 5) is 26.7. The highest BCUT2D eigenvalue weighted by Gasteiger charge is 2.33. The van der Waals surface area contributed by atoms with Crippen LogP contribution in [0.2, 0.25) is 10.0 Å². The second kappa shape index (κ2) is 6.19. The van der Waals surface area contributed by atoms with Gasteiger partial charge in [-0.1, -0.05) is 58.0 Å². The van der Waals surface area contributed by atoms with Crippen LogP contribution in [0.3, 0.4) is 0 Å². The largest absolute Gasteiger partial charge is 0.358 e. The number of alkyl halides is 3. The molecule has 1 aromatic carbocycles. The number of carbonyl (C=O) groups is 2. The van der Waals surface area contributed by atoms with Gasteiger partial charge in [0.15, 0.2) is 5.78 Å². The van der Waals surface area contributed by atoms with E-state index < -0.39 is 9.58 Å². The Labute approximate surface area is 145 Å². The molecule has 0 bridgehead atoms. The lowest BCUT2D eigenvalue weighted by Gasteiger charge is -2.06. The number of aromatic amines is 1. The SMILES string of the molecule is O=C(c1c[nH]c(C(=O)C(Cl)(Cl)Cl)c1)c1ccc(Cl)cc1Cl. The van der Waals surface area contributed by atoms with Gasteiger partial charge >= 0.3 is 0 Å². The Morgan fingerprint density at radius 2 is 1.71 bits per heavy atom. The molecule has 0 aliphatic carbocycles. The van der Waals surface area contributed by atoms with Gasteiger partial charge in [0.05, 0.1) is 10.7 Å². The predicted molar refractivity (Wildman–Crippen MR) is 85.3 cm³/mol. The van der Waals surface area contributed by atoms with Crippen molar-refractivity contribution in [3.05, 3.63) is 57.3 Å². The Kier molecular flexibility index (Phi) is 4.91. The quantitative estimate of drug-likeness (QED) is 0.590. The highest BCUT2D eigenvalue weighted by molar-refractivity contribution is 6.77. The first-order valence-electron chi connectivity index (χ1n) is 5.50. The van der Waals surface area contributed by atoms with Gasteiger partial charge in [0.25, 0.3) is 3.79 Å². The summed E-state index contributed by atoms with van der Waals surface area (Å²) >= 11 is 28.3. The topological polar surface area (TPSA) is 49.9 Å². The number of benzene rings is 1. The zero-order valence-corrected chi connectivity index (χ0v) is 13.9. The Balaban J connectivity index is 2.33. The number of halogens is 5. The lowest BCUT2D eigenvalue weighted by atomic mass is 10.1. The highest BCUT2D eigenvalue weighted by atomic mass is 35.6. The Morgan fingerprint density at radius 1 is 1.05 bits per heavy atom. The molecule has 0 radical (unpaired) electrons. The standard InChI is InChI=1S/C13H6Cl5NO2/c14-7-1-2-8(9(15)4-7)11(20)6-3-10(19-5-6)12(21)13(16,17)18/h1-5,19H. The minimum Gasteiger partial charge on any atom is -0.358 e. The molecule has 0 aliphatic heterocycles. The lowest BCUT2D eigenvalue weighted by molar-refractivity contribution is 0.0992. The number of hydrogen-bond donors (Lipinski definition) is 1. The molecular formula is C13H6Cl5NO2. The van der Waals surface area contributed by atoms with Gasteiger partial charge in [-0.15, -0.1) is 0 Å². The summed E-state index contributed by atoms with van der Waals surface area (Å²) < 4.78 is -2.09. The maximum atomic E-state index is 12.3. The molecule has 0 spiro atoms. The third-order valence-corrected chi connectivity index (χ3v) is 3.69. The summed E-state index contributed by atoms with van der Waals surface area (Å²) in [5.74, 6) is -1.13. The van der Waals surface area contributed by atoms with Crippen LogP contribution in [0.15, 0.2) is 30.5 Å². The van der Waals surface area contributed by atoms with Gasteiger partial charge in [-0.2, -0.15) is 0 Å². The minimum absolute atomic E-state index is 0.0171. The molecule has 1 N–H and O–H groups in total. The third kappa shape index (κ3) is 3.74. The summed E-state index contributed by atoms with van der Waals surface area (Å²) in [6.45, 7) is 0. The van der Waals surface area contributed by atoms with Gasteiger partial charge in [0.2, 0.25) is 5.78 Å². The molecule has 0 saturated carbocycles. The molecule has 2 rings (SSSR count). The lowest BCUT2D eigenvalue weighted by Crippen LogP contribution is -2.19. The molecule has 0 fully saturated rings. The molecule has 110 valence electrons. The monoisotopic (exact) mass is 383 g/mol.